The van der Waals surface area contributed by atoms with Crippen LogP contribution in [0, 0.1) is 10.1 Å². The minimum atomic E-state index is -4.67. The van der Waals surface area contributed by atoms with E-state index in [1.807, 2.05) is 0 Å². The van der Waals surface area contributed by atoms with Crippen LogP contribution in [-0.2, 0) is 15.4 Å². The molecule has 0 spiro atoms. The number of hydrogen-bond donors (Lipinski definition) is 5. The lowest BCUT2D eigenvalue weighted by Crippen LogP contribution is -3.00. The van der Waals surface area contributed by atoms with Crippen LogP contribution in [0.1, 0.15) is 1.43 Å². The topological polar surface area (TPSA) is 193 Å². The molecule has 92 valence electrons. The van der Waals surface area contributed by atoms with Crippen LogP contribution in [0.25, 0.3) is 0 Å². The standard InChI is InChI=1S/2ClH.HNO3.H3NO2.H2O4S/c;;2-1(3)4;1-3-2;1-5(2,3)4/h2*1H;(H,2,3,4);2H,1H2;(H2,1,2,3,4). The smallest absolute Gasteiger partial charge is 1.00 e. The van der Waals surface area contributed by atoms with Crippen molar-refractivity contribution in [2.24, 2.45) is 5.90 Å². The molecule has 0 aromatic heterocycles. The zero-order valence-corrected chi connectivity index (χ0v) is 8.44. The van der Waals surface area contributed by atoms with E-state index in [1.165, 1.54) is 0 Å². The summed E-state index contributed by atoms with van der Waals surface area (Å²) < 4.78 is 31.6. The Hall–Kier alpha value is -0.470. The van der Waals surface area contributed by atoms with E-state index in [2.05, 4.69) is 10.9 Å². The Kier molecular flexibility index (Phi) is 38.2. The zero-order valence-electron chi connectivity index (χ0n) is 7.05. The predicted octanol–water partition coefficient (Wildman–Crippen LogP) is -4.11. The fourth-order valence-corrected chi connectivity index (χ4v) is 0. The SMILES string of the molecule is Cl.NOO.O=S(=O)(O)O.O=[N+]([O-])O.[Cl-].[H+]. The van der Waals surface area contributed by atoms with E-state index in [1.54, 1.807) is 0 Å². The lowest BCUT2D eigenvalue weighted by atomic mass is 13.1. The second-order valence-corrected chi connectivity index (χ2v) is 1.69. The van der Waals surface area contributed by atoms with Crippen LogP contribution in [0.2, 0.25) is 0 Å². The number of halogens is 2. The van der Waals surface area contributed by atoms with Gasteiger partial charge in [-0.15, -0.1) is 27.5 Å². The van der Waals surface area contributed by atoms with Crippen molar-refractivity contribution in [1.29, 1.82) is 0 Å². The molecule has 0 aliphatic heterocycles. The fourth-order valence-electron chi connectivity index (χ4n) is 0. The minimum Gasteiger partial charge on any atom is -1.00 e. The molecule has 0 heterocycles. The third-order valence-corrected chi connectivity index (χ3v) is 0. The van der Waals surface area contributed by atoms with Gasteiger partial charge in [-0.1, -0.05) is 0 Å². The van der Waals surface area contributed by atoms with Crippen LogP contribution < -0.4 is 18.3 Å². The monoisotopic (exact) mass is 282 g/mol. The molecule has 0 unspecified atom stereocenters. The molecule has 0 saturated carbocycles. The van der Waals surface area contributed by atoms with Gasteiger partial charge in [0.05, 0.1) is 0 Å². The van der Waals surface area contributed by atoms with E-state index < -0.39 is 15.5 Å². The molecule has 0 amide bonds. The molecule has 0 saturated heterocycles. The zero-order chi connectivity index (χ0) is 10.8. The van der Waals surface area contributed by atoms with Gasteiger partial charge in [-0.05, 0) is 0 Å². The molecule has 0 aromatic rings. The summed E-state index contributed by atoms with van der Waals surface area (Å²) in [5, 5.41) is 20.5. The second-order valence-electron chi connectivity index (χ2n) is 0.791. The summed E-state index contributed by atoms with van der Waals surface area (Å²) in [5.41, 5.74) is 0. The van der Waals surface area contributed by atoms with Crippen molar-refractivity contribution in [3.63, 3.8) is 0 Å². The van der Waals surface area contributed by atoms with Crippen molar-refractivity contribution >= 4 is 22.8 Å². The first-order valence-electron chi connectivity index (χ1n) is 1.68. The van der Waals surface area contributed by atoms with Crippen LogP contribution in [0.5, 0.6) is 0 Å². The van der Waals surface area contributed by atoms with Gasteiger partial charge in [0.15, 0.2) is 0 Å². The van der Waals surface area contributed by atoms with Crippen LogP contribution in [-0.4, -0.2) is 33.1 Å². The summed E-state index contributed by atoms with van der Waals surface area (Å²) in [7, 11) is -4.67. The Morgan fingerprint density at radius 2 is 1.43 bits per heavy atom. The Morgan fingerprint density at radius 3 is 1.43 bits per heavy atom. The first-order valence-corrected chi connectivity index (χ1v) is 3.08. The highest BCUT2D eigenvalue weighted by Crippen LogP contribution is 1.59. The predicted molar refractivity (Wildman–Crippen MR) is 39.2 cm³/mol. The summed E-state index contributed by atoms with van der Waals surface area (Å²) in [6, 6.07) is 0. The third-order valence-electron chi connectivity index (χ3n) is 0. The van der Waals surface area contributed by atoms with E-state index in [9.17, 15) is 0 Å². The van der Waals surface area contributed by atoms with E-state index in [0.29, 0.717) is 0 Å². The molecule has 0 radical (unpaired) electrons. The highest BCUT2D eigenvalue weighted by molar-refractivity contribution is 7.79. The van der Waals surface area contributed by atoms with Gasteiger partial charge in [-0.25, -0.2) is 5.26 Å². The van der Waals surface area contributed by atoms with Gasteiger partial charge in [0, 0.05) is 0 Å². The average Bonchev–Trinajstić information content (AvgIpc) is 1.56. The largest absolute Gasteiger partial charge is 1.00 e. The summed E-state index contributed by atoms with van der Waals surface area (Å²) in [6.45, 7) is 0. The number of nitrogens with two attached hydrogens (primary N) is 1. The molecule has 0 bridgehead atoms. The lowest BCUT2D eigenvalue weighted by Gasteiger charge is -1.68. The molecule has 0 aliphatic carbocycles. The van der Waals surface area contributed by atoms with Gasteiger partial charge in [0.25, 0.3) is 5.09 Å². The number of hydrogen-bond acceptors (Lipinski definition) is 7. The molecule has 11 nitrogen and oxygen atoms in total. The van der Waals surface area contributed by atoms with Crippen molar-refractivity contribution in [3.05, 3.63) is 10.1 Å². The summed E-state index contributed by atoms with van der Waals surface area (Å²) in [4.78, 5) is 11.1. The molecule has 0 fully saturated rings. The Bertz CT molecular complexity index is 180. The lowest BCUT2D eigenvalue weighted by molar-refractivity contribution is -0.742. The van der Waals surface area contributed by atoms with Gasteiger partial charge in [-0.2, -0.15) is 14.3 Å². The summed E-state index contributed by atoms with van der Waals surface area (Å²) in [6.07, 6.45) is 0. The van der Waals surface area contributed by atoms with E-state index in [4.69, 9.17) is 38.1 Å². The molecule has 0 rings (SSSR count). The van der Waals surface area contributed by atoms with Crippen LogP contribution in [0.4, 0.5) is 0 Å². The van der Waals surface area contributed by atoms with E-state index in [0.717, 1.165) is 0 Å². The normalized spacial score (nSPS) is 7.14. The molecular formula is H8Cl2N2O9S. The van der Waals surface area contributed by atoms with Gasteiger partial charge < -0.3 is 17.6 Å². The molecule has 6 N–H and O–H groups in total. The fraction of sp³-hybridized carbons (Fsp3) is 0. The molecule has 14 heteroatoms. The molecule has 0 aliphatic rings. The first kappa shape index (κ1) is 29.2. The number of rotatable bonds is 0. The van der Waals surface area contributed by atoms with Crippen LogP contribution >= 0.6 is 12.4 Å². The van der Waals surface area contributed by atoms with Crippen LogP contribution in [0.3, 0.4) is 0 Å². The molecule has 14 heavy (non-hydrogen) atoms. The highest BCUT2D eigenvalue weighted by atomic mass is 35.5. The minimum absolute atomic E-state index is 0. The van der Waals surface area contributed by atoms with Gasteiger partial charge in [0.2, 0.25) is 0 Å². The van der Waals surface area contributed by atoms with Gasteiger partial charge in [-0.3, -0.25) is 9.11 Å². The average molecular weight is 283 g/mol. The quantitative estimate of drug-likeness (QED) is 0.126. The van der Waals surface area contributed by atoms with Gasteiger partial charge >= 0.3 is 11.8 Å². The summed E-state index contributed by atoms with van der Waals surface area (Å²) in [5.74, 6) is 3.90. The number of nitrogens with zero attached hydrogens (tertiary/aromatic N) is 1. The summed E-state index contributed by atoms with van der Waals surface area (Å²) >= 11 is 0. The van der Waals surface area contributed by atoms with Gasteiger partial charge in [0.1, 0.15) is 0 Å². The Labute approximate surface area is 91.3 Å². The first-order chi connectivity index (χ1) is 5.15. The Balaban J connectivity index is -0.0000000189. The van der Waals surface area contributed by atoms with Crippen molar-refractivity contribution < 1.29 is 51.9 Å². The molecular weight excluding hydrogens is 275 g/mol. The maximum atomic E-state index is 8.74. The van der Waals surface area contributed by atoms with Crippen LogP contribution in [0.15, 0.2) is 0 Å². The maximum Gasteiger partial charge on any atom is 1.00 e. The molecule has 0 atom stereocenters. The van der Waals surface area contributed by atoms with Crippen molar-refractivity contribution in [3.8, 4) is 0 Å². The van der Waals surface area contributed by atoms with Crippen molar-refractivity contribution in [2.45, 2.75) is 0 Å². The second kappa shape index (κ2) is 18.3. The van der Waals surface area contributed by atoms with Crippen molar-refractivity contribution in [2.75, 3.05) is 0 Å². The third kappa shape index (κ3) is 5790. The Morgan fingerprint density at radius 1 is 1.43 bits per heavy atom. The van der Waals surface area contributed by atoms with Crippen molar-refractivity contribution in [1.82, 2.24) is 0 Å². The highest BCUT2D eigenvalue weighted by Gasteiger charge is 1.84. The molecule has 0 aromatic carbocycles. The maximum absolute atomic E-state index is 8.74. The van der Waals surface area contributed by atoms with E-state index in [-0.39, 0.29) is 26.2 Å². The van der Waals surface area contributed by atoms with E-state index >= 15 is 0 Å².